The number of ether oxygens (including phenoxy) is 2. The van der Waals surface area contributed by atoms with Gasteiger partial charge in [0.05, 0.1) is 18.3 Å². The minimum absolute atomic E-state index is 0.173. The Morgan fingerprint density at radius 2 is 2.00 bits per heavy atom. The van der Waals surface area contributed by atoms with Crippen molar-refractivity contribution >= 4 is 7.82 Å². The van der Waals surface area contributed by atoms with Crippen LogP contribution in [-0.4, -0.2) is 43.8 Å². The third kappa shape index (κ3) is 4.91. The van der Waals surface area contributed by atoms with Crippen molar-refractivity contribution < 1.29 is 28.3 Å². The van der Waals surface area contributed by atoms with E-state index in [1.165, 1.54) is 23.8 Å². The Morgan fingerprint density at radius 1 is 1.35 bits per heavy atom. The van der Waals surface area contributed by atoms with Gasteiger partial charge in [-0.05, 0) is 27.2 Å². The summed E-state index contributed by atoms with van der Waals surface area (Å²) in [6.45, 7) is 7.03. The molecule has 0 saturated carbocycles. The first kappa shape index (κ1) is 21.0. The van der Waals surface area contributed by atoms with Gasteiger partial charge in [-0.1, -0.05) is 6.92 Å². The van der Waals surface area contributed by atoms with Crippen LogP contribution in [0.15, 0.2) is 21.9 Å². The maximum atomic E-state index is 12.2. The molecular formula is C15H25N2O8P. The van der Waals surface area contributed by atoms with Gasteiger partial charge in [0.25, 0.3) is 5.56 Å². The smallest absolute Gasteiger partial charge is 0.372 e. The van der Waals surface area contributed by atoms with E-state index < -0.39 is 43.6 Å². The Morgan fingerprint density at radius 3 is 2.50 bits per heavy atom. The number of phosphoric acid groups is 1. The number of phosphoric ester groups is 1. The highest BCUT2D eigenvalue weighted by molar-refractivity contribution is 7.46. The van der Waals surface area contributed by atoms with E-state index in [0.29, 0.717) is 6.42 Å². The topological polar surface area (TPSA) is 140 Å². The van der Waals surface area contributed by atoms with Crippen molar-refractivity contribution in [2.24, 2.45) is 5.92 Å². The van der Waals surface area contributed by atoms with Crippen LogP contribution in [0.3, 0.4) is 0 Å². The Kier molecular flexibility index (Phi) is 6.60. The largest absolute Gasteiger partial charge is 0.469 e. The second kappa shape index (κ2) is 8.16. The van der Waals surface area contributed by atoms with Gasteiger partial charge in [0.1, 0.15) is 12.3 Å². The molecule has 0 amide bonds. The van der Waals surface area contributed by atoms with Gasteiger partial charge in [-0.25, -0.2) is 9.36 Å². The highest BCUT2D eigenvalue weighted by Gasteiger charge is 2.49. The maximum Gasteiger partial charge on any atom is 0.469 e. The van der Waals surface area contributed by atoms with Crippen LogP contribution in [-0.2, 0) is 18.6 Å². The molecular weight excluding hydrogens is 367 g/mol. The first-order valence-corrected chi connectivity index (χ1v) is 9.92. The average Bonchev–Trinajstić information content (AvgIpc) is 2.83. The van der Waals surface area contributed by atoms with Crippen molar-refractivity contribution in [3.63, 3.8) is 0 Å². The molecule has 1 unspecified atom stereocenters. The molecule has 10 nitrogen and oxygen atoms in total. The van der Waals surface area contributed by atoms with Crippen molar-refractivity contribution in [3.05, 3.63) is 33.1 Å². The van der Waals surface area contributed by atoms with E-state index >= 15 is 0 Å². The highest BCUT2D eigenvalue weighted by atomic mass is 31.2. The van der Waals surface area contributed by atoms with Gasteiger partial charge in [0, 0.05) is 18.2 Å². The SMILES string of the molecule is CCC1[C@@H](OC(C)C)[C@@H]([C@@H](C)OP(=O)(O)O)O[C@H]1n1ccc(=O)[nH]c1=O. The number of aromatic nitrogens is 2. The molecule has 1 aromatic heterocycles. The van der Waals surface area contributed by atoms with Crippen molar-refractivity contribution in [1.82, 2.24) is 9.55 Å². The fraction of sp³-hybridized carbons (Fsp3) is 0.733. The number of hydrogen-bond donors (Lipinski definition) is 3. The molecule has 1 aliphatic heterocycles. The molecule has 5 atom stereocenters. The van der Waals surface area contributed by atoms with Crippen LogP contribution in [0.1, 0.15) is 40.3 Å². The van der Waals surface area contributed by atoms with Crippen LogP contribution in [0.25, 0.3) is 0 Å². The lowest BCUT2D eigenvalue weighted by Gasteiger charge is -2.28. The third-order valence-corrected chi connectivity index (χ3v) is 4.81. The zero-order valence-electron chi connectivity index (χ0n) is 15.1. The second-order valence-corrected chi connectivity index (χ2v) is 7.72. The van der Waals surface area contributed by atoms with Crippen LogP contribution >= 0.6 is 7.82 Å². The Hall–Kier alpha value is -1.29. The Bertz CT molecular complexity index is 769. The molecule has 0 aromatic carbocycles. The van der Waals surface area contributed by atoms with Crippen molar-refractivity contribution in [1.29, 1.82) is 0 Å². The van der Waals surface area contributed by atoms with E-state index in [-0.39, 0.29) is 12.0 Å². The summed E-state index contributed by atoms with van der Waals surface area (Å²) >= 11 is 0. The molecule has 11 heteroatoms. The summed E-state index contributed by atoms with van der Waals surface area (Å²) in [4.78, 5) is 43.8. The lowest BCUT2D eigenvalue weighted by molar-refractivity contribution is -0.0988. The zero-order chi connectivity index (χ0) is 19.6. The molecule has 2 rings (SSSR count). The van der Waals surface area contributed by atoms with Gasteiger partial charge < -0.3 is 19.3 Å². The van der Waals surface area contributed by atoms with Gasteiger partial charge in [-0.2, -0.15) is 0 Å². The van der Waals surface area contributed by atoms with Crippen molar-refractivity contribution in [2.75, 3.05) is 0 Å². The van der Waals surface area contributed by atoms with Crippen LogP contribution < -0.4 is 11.2 Å². The number of H-pyrrole nitrogens is 1. The summed E-state index contributed by atoms with van der Waals surface area (Å²) in [6, 6.07) is 1.21. The first-order valence-electron chi connectivity index (χ1n) is 8.39. The summed E-state index contributed by atoms with van der Waals surface area (Å²) < 4.78 is 29.1. The average molecular weight is 392 g/mol. The predicted molar refractivity (Wildman–Crippen MR) is 91.6 cm³/mol. The fourth-order valence-corrected chi connectivity index (χ4v) is 3.78. The molecule has 3 N–H and O–H groups in total. The maximum absolute atomic E-state index is 12.2. The summed E-state index contributed by atoms with van der Waals surface area (Å²) in [6.07, 6.45) is -1.36. The number of hydrogen-bond acceptors (Lipinski definition) is 6. The number of rotatable bonds is 7. The standard InChI is InChI=1S/C15H25N2O8P/c1-5-10-13(23-8(2)3)12(9(4)25-26(20,21)22)24-14(10)17-7-6-11(18)16-15(17)19/h6-10,12-14H,5H2,1-4H3,(H,16,18,19)(H2,20,21,22)/t9-,10?,12-,13-,14-/m1/s1. The summed E-state index contributed by atoms with van der Waals surface area (Å²) in [5, 5.41) is 0. The van der Waals surface area contributed by atoms with Gasteiger partial charge in [-0.3, -0.25) is 18.9 Å². The minimum Gasteiger partial charge on any atom is -0.372 e. The normalized spacial score (nSPS) is 27.8. The first-order chi connectivity index (χ1) is 12.0. The quantitative estimate of drug-likeness (QED) is 0.578. The molecule has 1 aliphatic rings. The van der Waals surface area contributed by atoms with Crippen LogP contribution in [0.4, 0.5) is 0 Å². The van der Waals surface area contributed by atoms with Crippen LogP contribution in [0, 0.1) is 5.92 Å². The molecule has 0 spiro atoms. The lowest BCUT2D eigenvalue weighted by Crippen LogP contribution is -2.39. The molecule has 0 radical (unpaired) electrons. The van der Waals surface area contributed by atoms with Crippen molar-refractivity contribution in [3.8, 4) is 0 Å². The second-order valence-electron chi connectivity index (χ2n) is 6.53. The number of nitrogens with one attached hydrogen (secondary N) is 1. The van der Waals surface area contributed by atoms with Gasteiger partial charge >= 0.3 is 13.5 Å². The van der Waals surface area contributed by atoms with Crippen LogP contribution in [0.5, 0.6) is 0 Å². The molecule has 26 heavy (non-hydrogen) atoms. The molecule has 0 aliphatic carbocycles. The molecule has 1 saturated heterocycles. The van der Waals surface area contributed by atoms with E-state index in [0.717, 1.165) is 0 Å². The van der Waals surface area contributed by atoms with Gasteiger partial charge in [0.15, 0.2) is 0 Å². The van der Waals surface area contributed by atoms with Crippen LogP contribution in [0.2, 0.25) is 0 Å². The molecule has 1 aromatic rings. The summed E-state index contributed by atoms with van der Waals surface area (Å²) in [5.41, 5.74) is -1.16. The number of aromatic amines is 1. The Labute approximate surface area is 150 Å². The number of nitrogens with zero attached hydrogens (tertiary/aromatic N) is 1. The van der Waals surface area contributed by atoms with E-state index in [2.05, 4.69) is 4.98 Å². The summed E-state index contributed by atoms with van der Waals surface area (Å²) in [7, 11) is -4.72. The molecule has 148 valence electrons. The molecule has 2 heterocycles. The Balaban J connectivity index is 2.40. The van der Waals surface area contributed by atoms with E-state index in [1.807, 2.05) is 20.8 Å². The van der Waals surface area contributed by atoms with Gasteiger partial charge in [0.2, 0.25) is 0 Å². The molecule has 0 bridgehead atoms. The minimum atomic E-state index is -4.72. The monoisotopic (exact) mass is 392 g/mol. The van der Waals surface area contributed by atoms with Gasteiger partial charge in [-0.15, -0.1) is 0 Å². The van der Waals surface area contributed by atoms with E-state index in [4.69, 9.17) is 23.8 Å². The summed E-state index contributed by atoms with van der Waals surface area (Å²) in [5.74, 6) is -0.283. The predicted octanol–water partition coefficient (Wildman–Crippen LogP) is 0.752. The van der Waals surface area contributed by atoms with Crippen molar-refractivity contribution in [2.45, 2.75) is 64.8 Å². The highest BCUT2D eigenvalue weighted by Crippen LogP contribution is 2.44. The van der Waals surface area contributed by atoms with E-state index in [1.54, 1.807) is 0 Å². The zero-order valence-corrected chi connectivity index (χ0v) is 16.0. The van der Waals surface area contributed by atoms with E-state index in [9.17, 15) is 14.2 Å². The third-order valence-electron chi connectivity index (χ3n) is 4.20. The molecule has 1 fully saturated rings. The fourth-order valence-electron chi connectivity index (χ4n) is 3.23. The lowest BCUT2D eigenvalue weighted by atomic mass is 9.94.